The first-order valence-corrected chi connectivity index (χ1v) is 4.51. The second-order valence-corrected chi connectivity index (χ2v) is 3.13. The Morgan fingerprint density at radius 2 is 2.36 bits per heavy atom. The Morgan fingerprint density at radius 3 is 3.00 bits per heavy atom. The van der Waals surface area contributed by atoms with Crippen molar-refractivity contribution < 1.29 is 8.83 Å². The zero-order valence-electron chi connectivity index (χ0n) is 7.58. The molecule has 0 radical (unpaired) electrons. The van der Waals surface area contributed by atoms with Crippen molar-refractivity contribution in [3.63, 3.8) is 0 Å². The molecule has 74 valence electrons. The fourth-order valence-corrected chi connectivity index (χ4v) is 1.35. The van der Waals surface area contributed by atoms with Crippen molar-refractivity contribution in [1.82, 2.24) is 10.3 Å². The Kier molecular flexibility index (Phi) is 2.56. The number of aromatic nitrogens is 1. The number of nitrogens with one attached hydrogen (secondary N) is 1. The molecule has 4 nitrogen and oxygen atoms in total. The van der Waals surface area contributed by atoms with E-state index in [0.717, 1.165) is 5.69 Å². The number of nitrogens with zero attached hydrogens (tertiary/aromatic N) is 1. The standard InChI is InChI=1S/C9H9ClN2O2/c1-11-4-6-9(13-5-12-6)7-2-3-8(10)14-7/h2-3,5,11H,4H2,1H3. The Labute approximate surface area is 85.9 Å². The minimum absolute atomic E-state index is 0.340. The molecule has 0 aliphatic heterocycles. The van der Waals surface area contributed by atoms with E-state index in [1.54, 1.807) is 12.1 Å². The van der Waals surface area contributed by atoms with Crippen LogP contribution in [0.5, 0.6) is 0 Å². The van der Waals surface area contributed by atoms with E-state index in [0.29, 0.717) is 23.3 Å². The van der Waals surface area contributed by atoms with Crippen molar-refractivity contribution in [2.45, 2.75) is 6.54 Å². The van der Waals surface area contributed by atoms with Gasteiger partial charge in [0.1, 0.15) is 5.69 Å². The summed E-state index contributed by atoms with van der Waals surface area (Å²) in [5.74, 6) is 1.21. The van der Waals surface area contributed by atoms with Crippen LogP contribution in [0.2, 0.25) is 5.22 Å². The first-order valence-electron chi connectivity index (χ1n) is 4.14. The predicted molar refractivity (Wildman–Crippen MR) is 52.0 cm³/mol. The van der Waals surface area contributed by atoms with Crippen molar-refractivity contribution in [3.8, 4) is 11.5 Å². The highest BCUT2D eigenvalue weighted by Crippen LogP contribution is 2.26. The molecule has 0 bridgehead atoms. The van der Waals surface area contributed by atoms with E-state index >= 15 is 0 Å². The van der Waals surface area contributed by atoms with Crippen LogP contribution in [0, 0.1) is 0 Å². The molecule has 0 saturated carbocycles. The molecule has 0 aromatic carbocycles. The zero-order chi connectivity index (χ0) is 9.97. The number of hydrogen-bond acceptors (Lipinski definition) is 4. The lowest BCUT2D eigenvalue weighted by Crippen LogP contribution is -2.06. The van der Waals surface area contributed by atoms with Gasteiger partial charge >= 0.3 is 0 Å². The SMILES string of the molecule is CNCc1ncoc1-c1ccc(Cl)o1. The molecule has 0 spiro atoms. The van der Waals surface area contributed by atoms with E-state index in [-0.39, 0.29) is 0 Å². The maximum absolute atomic E-state index is 5.66. The van der Waals surface area contributed by atoms with Gasteiger partial charge in [0.05, 0.1) is 0 Å². The summed E-state index contributed by atoms with van der Waals surface area (Å²) in [6.07, 6.45) is 1.39. The minimum atomic E-state index is 0.340. The van der Waals surface area contributed by atoms with Crippen LogP contribution in [0.25, 0.3) is 11.5 Å². The van der Waals surface area contributed by atoms with Gasteiger partial charge < -0.3 is 14.2 Å². The van der Waals surface area contributed by atoms with Gasteiger partial charge in [-0.15, -0.1) is 0 Å². The van der Waals surface area contributed by atoms with Gasteiger partial charge in [0.25, 0.3) is 0 Å². The summed E-state index contributed by atoms with van der Waals surface area (Å²) in [6, 6.07) is 3.42. The van der Waals surface area contributed by atoms with E-state index < -0.39 is 0 Å². The average molecular weight is 213 g/mol. The summed E-state index contributed by atoms with van der Waals surface area (Å²) in [5.41, 5.74) is 0.804. The van der Waals surface area contributed by atoms with Crippen LogP contribution < -0.4 is 5.32 Å². The topological polar surface area (TPSA) is 51.2 Å². The van der Waals surface area contributed by atoms with E-state index in [2.05, 4.69) is 10.3 Å². The van der Waals surface area contributed by atoms with Gasteiger partial charge in [-0.2, -0.15) is 0 Å². The summed E-state index contributed by atoms with van der Waals surface area (Å²) >= 11 is 5.66. The summed E-state index contributed by atoms with van der Waals surface area (Å²) in [5, 5.41) is 3.33. The van der Waals surface area contributed by atoms with E-state index in [1.165, 1.54) is 6.39 Å². The van der Waals surface area contributed by atoms with Gasteiger partial charge in [-0.1, -0.05) is 0 Å². The number of rotatable bonds is 3. The molecule has 0 fully saturated rings. The molecule has 14 heavy (non-hydrogen) atoms. The summed E-state index contributed by atoms with van der Waals surface area (Å²) in [4.78, 5) is 4.06. The third kappa shape index (κ3) is 1.66. The molecular weight excluding hydrogens is 204 g/mol. The maximum Gasteiger partial charge on any atom is 0.194 e. The molecule has 0 aliphatic carbocycles. The van der Waals surface area contributed by atoms with E-state index in [9.17, 15) is 0 Å². The van der Waals surface area contributed by atoms with Crippen LogP contribution in [0.1, 0.15) is 5.69 Å². The third-order valence-electron chi connectivity index (χ3n) is 1.78. The maximum atomic E-state index is 5.66. The third-order valence-corrected chi connectivity index (χ3v) is 1.99. The Morgan fingerprint density at radius 1 is 1.50 bits per heavy atom. The molecule has 5 heteroatoms. The van der Waals surface area contributed by atoms with Crippen LogP contribution in [-0.4, -0.2) is 12.0 Å². The number of hydrogen-bond donors (Lipinski definition) is 1. The lowest BCUT2D eigenvalue weighted by molar-refractivity contribution is 0.519. The van der Waals surface area contributed by atoms with Crippen LogP contribution in [0.4, 0.5) is 0 Å². The highest BCUT2D eigenvalue weighted by molar-refractivity contribution is 6.28. The summed E-state index contributed by atoms with van der Waals surface area (Å²) in [6.45, 7) is 0.629. The highest BCUT2D eigenvalue weighted by Gasteiger charge is 2.13. The van der Waals surface area contributed by atoms with Gasteiger partial charge in [-0.25, -0.2) is 4.98 Å². The minimum Gasteiger partial charge on any atom is -0.441 e. The molecule has 0 atom stereocenters. The van der Waals surface area contributed by atoms with Crippen LogP contribution >= 0.6 is 11.6 Å². The van der Waals surface area contributed by atoms with Crippen molar-refractivity contribution in [1.29, 1.82) is 0 Å². The van der Waals surface area contributed by atoms with Gasteiger partial charge in [-0.05, 0) is 30.8 Å². The van der Waals surface area contributed by atoms with Crippen molar-refractivity contribution >= 4 is 11.6 Å². The Balaban J connectivity index is 2.36. The van der Waals surface area contributed by atoms with Gasteiger partial charge in [0.15, 0.2) is 23.1 Å². The van der Waals surface area contributed by atoms with Crippen molar-refractivity contribution in [3.05, 3.63) is 29.4 Å². The molecule has 0 aliphatic rings. The molecule has 2 rings (SSSR count). The fourth-order valence-electron chi connectivity index (χ4n) is 1.20. The second-order valence-electron chi connectivity index (χ2n) is 2.76. The molecule has 1 N–H and O–H groups in total. The predicted octanol–water partition coefficient (Wildman–Crippen LogP) is 2.31. The summed E-state index contributed by atoms with van der Waals surface area (Å²) in [7, 11) is 1.84. The molecule has 0 saturated heterocycles. The Bertz CT molecular complexity index is 422. The normalized spacial score (nSPS) is 10.7. The van der Waals surface area contributed by atoms with Gasteiger partial charge in [-0.3, -0.25) is 0 Å². The number of oxazole rings is 1. The number of halogens is 1. The van der Waals surface area contributed by atoms with E-state index in [4.69, 9.17) is 20.4 Å². The second kappa shape index (κ2) is 3.86. The fraction of sp³-hybridized carbons (Fsp3) is 0.222. The lowest BCUT2D eigenvalue weighted by atomic mass is 10.3. The van der Waals surface area contributed by atoms with Crippen LogP contribution in [0.3, 0.4) is 0 Å². The first-order chi connectivity index (χ1) is 6.81. The lowest BCUT2D eigenvalue weighted by Gasteiger charge is -1.95. The Hall–Kier alpha value is -1.26. The molecule has 2 aromatic heterocycles. The number of furan rings is 1. The largest absolute Gasteiger partial charge is 0.441 e. The summed E-state index contributed by atoms with van der Waals surface area (Å²) < 4.78 is 10.4. The van der Waals surface area contributed by atoms with Crippen molar-refractivity contribution in [2.75, 3.05) is 7.05 Å². The molecule has 0 unspecified atom stereocenters. The quantitative estimate of drug-likeness (QED) is 0.848. The smallest absolute Gasteiger partial charge is 0.194 e. The molecular formula is C9H9ClN2O2. The van der Waals surface area contributed by atoms with Gasteiger partial charge in [0, 0.05) is 6.54 Å². The molecule has 2 aromatic rings. The monoisotopic (exact) mass is 212 g/mol. The highest BCUT2D eigenvalue weighted by atomic mass is 35.5. The van der Waals surface area contributed by atoms with Crippen LogP contribution in [-0.2, 0) is 6.54 Å². The zero-order valence-corrected chi connectivity index (χ0v) is 8.34. The van der Waals surface area contributed by atoms with Crippen molar-refractivity contribution in [2.24, 2.45) is 0 Å². The van der Waals surface area contributed by atoms with Gasteiger partial charge in [0.2, 0.25) is 0 Å². The van der Waals surface area contributed by atoms with Crippen LogP contribution in [0.15, 0.2) is 27.4 Å². The molecule has 0 amide bonds. The first kappa shape index (κ1) is 9.30. The molecule has 2 heterocycles. The van der Waals surface area contributed by atoms with E-state index in [1.807, 2.05) is 7.05 Å². The average Bonchev–Trinajstić information content (AvgIpc) is 2.74.